The Morgan fingerprint density at radius 2 is 2.05 bits per heavy atom. The van der Waals surface area contributed by atoms with Gasteiger partial charge in [-0.2, -0.15) is 5.10 Å². The summed E-state index contributed by atoms with van der Waals surface area (Å²) in [6.07, 6.45) is 1.59. The van der Waals surface area contributed by atoms with E-state index in [0.717, 1.165) is 0 Å². The maximum atomic E-state index is 9.78. The molecule has 0 fully saturated rings. The predicted molar refractivity (Wildman–Crippen MR) is 80.3 cm³/mol. The maximum Gasteiger partial charge on any atom is 0.128 e. The van der Waals surface area contributed by atoms with Crippen LogP contribution in [0.15, 0.2) is 47.6 Å². The van der Waals surface area contributed by atoms with Crippen molar-refractivity contribution in [3.05, 3.63) is 59.2 Å². The van der Waals surface area contributed by atoms with Crippen molar-refractivity contribution in [2.24, 2.45) is 5.10 Å². The van der Waals surface area contributed by atoms with Gasteiger partial charge in [0.2, 0.25) is 0 Å². The molecule has 104 valence electrons. The molecule has 4 heteroatoms. The van der Waals surface area contributed by atoms with Crippen LogP contribution >= 0.6 is 0 Å². The van der Waals surface area contributed by atoms with Crippen LogP contribution in [0.25, 0.3) is 0 Å². The van der Waals surface area contributed by atoms with E-state index < -0.39 is 0 Å². The largest absolute Gasteiger partial charge is 0.507 e. The van der Waals surface area contributed by atoms with Crippen molar-refractivity contribution in [3.63, 3.8) is 0 Å². The number of benzene rings is 2. The van der Waals surface area contributed by atoms with E-state index in [-0.39, 0.29) is 5.75 Å². The van der Waals surface area contributed by atoms with E-state index in [9.17, 15) is 5.11 Å². The number of aryl methyl sites for hydroxylation is 1. The molecular formula is C16H18N2O2. The molecule has 2 rings (SSSR count). The summed E-state index contributed by atoms with van der Waals surface area (Å²) >= 11 is 0. The number of methoxy groups -OCH3 is 1. The van der Waals surface area contributed by atoms with Crippen LogP contribution in [-0.4, -0.2) is 18.4 Å². The van der Waals surface area contributed by atoms with Crippen molar-refractivity contribution in [2.75, 3.05) is 7.11 Å². The first-order valence-electron chi connectivity index (χ1n) is 6.38. The van der Waals surface area contributed by atoms with E-state index in [0.29, 0.717) is 17.9 Å². The van der Waals surface area contributed by atoms with Crippen LogP contribution < -0.4 is 10.2 Å². The van der Waals surface area contributed by atoms with Gasteiger partial charge in [-0.25, -0.2) is 0 Å². The lowest BCUT2D eigenvalue weighted by Gasteiger charge is -2.05. The number of nitrogens with one attached hydrogen (secondary N) is 1. The minimum Gasteiger partial charge on any atom is -0.507 e. The Bertz CT molecular complexity index is 609. The number of phenols is 1. The summed E-state index contributed by atoms with van der Waals surface area (Å²) in [6, 6.07) is 13.2. The Morgan fingerprint density at radius 3 is 2.75 bits per heavy atom. The van der Waals surface area contributed by atoms with Crippen molar-refractivity contribution >= 4 is 6.21 Å². The molecule has 4 nitrogen and oxygen atoms in total. The Labute approximate surface area is 118 Å². The van der Waals surface area contributed by atoms with Crippen LogP contribution in [0.3, 0.4) is 0 Å². The number of nitrogens with zero attached hydrogens (tertiary/aromatic N) is 1. The summed E-state index contributed by atoms with van der Waals surface area (Å²) in [5.74, 6) is 0.762. The number of hydrogen-bond donors (Lipinski definition) is 2. The smallest absolute Gasteiger partial charge is 0.128 e. The highest BCUT2D eigenvalue weighted by Crippen LogP contribution is 2.21. The molecule has 0 aliphatic rings. The quantitative estimate of drug-likeness (QED) is 0.649. The molecule has 0 atom stereocenters. The lowest BCUT2D eigenvalue weighted by atomic mass is 10.1. The summed E-state index contributed by atoms with van der Waals surface area (Å²) < 4.78 is 5.03. The topological polar surface area (TPSA) is 53.8 Å². The van der Waals surface area contributed by atoms with Crippen LogP contribution in [0, 0.1) is 6.92 Å². The number of hydrazone groups is 1. The third-order valence-electron chi connectivity index (χ3n) is 3.06. The van der Waals surface area contributed by atoms with Gasteiger partial charge in [-0.15, -0.1) is 0 Å². The highest BCUT2D eigenvalue weighted by molar-refractivity contribution is 5.83. The minimum absolute atomic E-state index is 0.144. The zero-order valence-corrected chi connectivity index (χ0v) is 11.6. The number of aromatic hydroxyl groups is 1. The normalized spacial score (nSPS) is 10.7. The minimum atomic E-state index is 0.144. The summed E-state index contributed by atoms with van der Waals surface area (Å²) in [5.41, 5.74) is 6.04. The average Bonchev–Trinajstić information content (AvgIpc) is 2.46. The van der Waals surface area contributed by atoms with Crippen molar-refractivity contribution < 1.29 is 9.84 Å². The second-order valence-electron chi connectivity index (χ2n) is 4.44. The molecule has 0 amide bonds. The molecule has 0 heterocycles. The van der Waals surface area contributed by atoms with Crippen LogP contribution in [0.1, 0.15) is 16.7 Å². The molecule has 20 heavy (non-hydrogen) atoms. The number of rotatable bonds is 5. The Balaban J connectivity index is 1.95. The monoisotopic (exact) mass is 270 g/mol. The van der Waals surface area contributed by atoms with Gasteiger partial charge in [-0.1, -0.05) is 24.3 Å². The lowest BCUT2D eigenvalue weighted by Crippen LogP contribution is -2.06. The summed E-state index contributed by atoms with van der Waals surface area (Å²) in [6.45, 7) is 2.72. The van der Waals surface area contributed by atoms with Gasteiger partial charge in [0.25, 0.3) is 0 Å². The van der Waals surface area contributed by atoms with Crippen molar-refractivity contribution in [1.82, 2.24) is 5.43 Å². The van der Waals surface area contributed by atoms with E-state index in [1.54, 1.807) is 31.5 Å². The molecule has 0 aliphatic heterocycles. The molecule has 2 N–H and O–H groups in total. The highest BCUT2D eigenvalue weighted by atomic mass is 16.5. The third kappa shape index (κ3) is 3.51. The Hall–Kier alpha value is -2.49. The molecular weight excluding hydrogens is 252 g/mol. The fourth-order valence-electron chi connectivity index (χ4n) is 1.81. The molecule has 0 radical (unpaired) electrons. The van der Waals surface area contributed by atoms with Gasteiger partial charge in [-0.3, -0.25) is 0 Å². The molecule has 0 unspecified atom stereocenters. The van der Waals surface area contributed by atoms with Gasteiger partial charge in [0.1, 0.15) is 11.5 Å². The fraction of sp³-hybridized carbons (Fsp3) is 0.188. The van der Waals surface area contributed by atoms with E-state index in [2.05, 4.69) is 29.6 Å². The Morgan fingerprint density at radius 1 is 1.25 bits per heavy atom. The molecule has 0 bridgehead atoms. The van der Waals surface area contributed by atoms with E-state index >= 15 is 0 Å². The van der Waals surface area contributed by atoms with Gasteiger partial charge in [0.05, 0.1) is 19.9 Å². The van der Waals surface area contributed by atoms with Crippen LogP contribution in [0.4, 0.5) is 0 Å². The fourth-order valence-corrected chi connectivity index (χ4v) is 1.81. The van der Waals surface area contributed by atoms with Gasteiger partial charge in [0, 0.05) is 11.6 Å². The Kier molecular flexibility index (Phi) is 4.60. The standard InChI is InChI=1S/C16H18N2O2/c1-12-5-3-4-6-13(12)10-17-18-11-14-7-8-15(20-2)9-16(14)19/h3-9,11,17,19H,10H2,1-2H3/b18-11+. The van der Waals surface area contributed by atoms with Gasteiger partial charge in [-0.05, 0) is 30.2 Å². The average molecular weight is 270 g/mol. The van der Waals surface area contributed by atoms with Crippen molar-refractivity contribution in [2.45, 2.75) is 13.5 Å². The lowest BCUT2D eigenvalue weighted by molar-refractivity contribution is 0.407. The van der Waals surface area contributed by atoms with Crippen molar-refractivity contribution in [3.8, 4) is 11.5 Å². The van der Waals surface area contributed by atoms with Crippen LogP contribution in [0.2, 0.25) is 0 Å². The van der Waals surface area contributed by atoms with Crippen LogP contribution in [-0.2, 0) is 6.54 Å². The molecule has 0 saturated heterocycles. The second-order valence-corrected chi connectivity index (χ2v) is 4.44. The zero-order valence-electron chi connectivity index (χ0n) is 11.6. The molecule has 0 saturated carbocycles. The predicted octanol–water partition coefficient (Wildman–Crippen LogP) is 2.83. The second kappa shape index (κ2) is 6.61. The summed E-state index contributed by atoms with van der Waals surface area (Å²) in [5, 5.41) is 13.9. The van der Waals surface area contributed by atoms with E-state index in [4.69, 9.17) is 4.74 Å². The first-order valence-corrected chi connectivity index (χ1v) is 6.38. The SMILES string of the molecule is COc1ccc(/C=N/NCc2ccccc2C)c(O)c1. The van der Waals surface area contributed by atoms with Gasteiger partial charge < -0.3 is 15.3 Å². The van der Waals surface area contributed by atoms with Crippen molar-refractivity contribution in [1.29, 1.82) is 0 Å². The molecule has 2 aromatic rings. The number of hydrogen-bond acceptors (Lipinski definition) is 4. The van der Waals surface area contributed by atoms with Gasteiger partial charge >= 0.3 is 0 Å². The molecule has 0 aliphatic carbocycles. The van der Waals surface area contributed by atoms with E-state index in [1.807, 2.05) is 12.1 Å². The first-order chi connectivity index (χ1) is 9.70. The summed E-state index contributed by atoms with van der Waals surface area (Å²) in [4.78, 5) is 0. The van der Waals surface area contributed by atoms with Gasteiger partial charge in [0.15, 0.2) is 0 Å². The molecule has 0 aromatic heterocycles. The maximum absolute atomic E-state index is 9.78. The van der Waals surface area contributed by atoms with E-state index in [1.165, 1.54) is 11.1 Å². The third-order valence-corrected chi connectivity index (χ3v) is 3.06. The highest BCUT2D eigenvalue weighted by Gasteiger charge is 2.00. The molecule has 0 spiro atoms. The number of phenolic OH excluding ortho intramolecular Hbond substituents is 1. The molecule has 2 aromatic carbocycles. The first kappa shape index (κ1) is 13.9. The van der Waals surface area contributed by atoms with Crippen LogP contribution in [0.5, 0.6) is 11.5 Å². The zero-order chi connectivity index (χ0) is 14.4. The summed E-state index contributed by atoms with van der Waals surface area (Å²) in [7, 11) is 1.56. The number of ether oxygens (including phenoxy) is 1.